The Morgan fingerprint density at radius 1 is 0.684 bits per heavy atom. The van der Waals surface area contributed by atoms with Crippen LogP contribution in [0.3, 0.4) is 0 Å². The van der Waals surface area contributed by atoms with Gasteiger partial charge < -0.3 is 15.2 Å². The third-order valence-corrected chi connectivity index (χ3v) is 16.2. The van der Waals surface area contributed by atoms with E-state index in [2.05, 4.69) is 36.5 Å². The first-order valence-electron chi connectivity index (χ1n) is 26.8. The highest BCUT2D eigenvalue weighted by atomic mass is 19.4. The summed E-state index contributed by atoms with van der Waals surface area (Å²) in [6.45, 7) is 5.20. The van der Waals surface area contributed by atoms with Crippen molar-refractivity contribution in [2.75, 3.05) is 12.4 Å². The number of halogens is 8. The van der Waals surface area contributed by atoms with Crippen molar-refractivity contribution in [3.05, 3.63) is 213 Å². The van der Waals surface area contributed by atoms with E-state index in [1.807, 2.05) is 12.1 Å². The van der Waals surface area contributed by atoms with Crippen LogP contribution >= 0.6 is 0 Å². The number of hydrogen-bond donors (Lipinski definition) is 2. The molecule has 2 aliphatic rings. The first kappa shape index (κ1) is 54.6. The van der Waals surface area contributed by atoms with Gasteiger partial charge in [0.25, 0.3) is 5.91 Å². The van der Waals surface area contributed by atoms with E-state index in [4.69, 9.17) is 4.74 Å². The highest BCUT2D eigenvalue weighted by molar-refractivity contribution is 6.10. The predicted octanol–water partition coefficient (Wildman–Crippen LogP) is 19.5. The molecule has 406 valence electrons. The van der Waals surface area contributed by atoms with Gasteiger partial charge in [-0.3, -0.25) is 4.79 Å². The summed E-state index contributed by atoms with van der Waals surface area (Å²) >= 11 is 0. The number of hydrogen-bond acceptors (Lipinski definition) is 3. The number of phenols is 1. The summed E-state index contributed by atoms with van der Waals surface area (Å²) in [4.78, 5) is 13.6. The maximum Gasteiger partial charge on any atom is 0.416 e. The van der Waals surface area contributed by atoms with Crippen molar-refractivity contribution in [2.24, 2.45) is 5.92 Å². The van der Waals surface area contributed by atoms with Gasteiger partial charge in [0.15, 0.2) is 0 Å². The van der Waals surface area contributed by atoms with Gasteiger partial charge in [-0.05, 0) is 171 Å². The lowest BCUT2D eigenvalue weighted by Crippen LogP contribution is -2.23. The van der Waals surface area contributed by atoms with E-state index in [-0.39, 0.29) is 56.5 Å². The number of rotatable bonds is 14. The molecule has 2 N–H and O–H groups in total. The molecule has 4 nitrogen and oxygen atoms in total. The number of allylic oxidation sites excluding steroid dienone is 1. The largest absolute Gasteiger partial charge is 0.507 e. The van der Waals surface area contributed by atoms with Crippen LogP contribution in [-0.4, -0.2) is 18.1 Å². The van der Waals surface area contributed by atoms with E-state index in [1.54, 1.807) is 48.5 Å². The number of methoxy groups -OCH3 is 1. The number of ether oxygens (including phenoxy) is 1. The van der Waals surface area contributed by atoms with Crippen LogP contribution < -0.4 is 10.1 Å². The summed E-state index contributed by atoms with van der Waals surface area (Å²) < 4.78 is 124. The lowest BCUT2D eigenvalue weighted by Gasteiger charge is -2.29. The van der Waals surface area contributed by atoms with Crippen molar-refractivity contribution < 1.29 is 49.8 Å². The molecule has 1 fully saturated rings. The SMILES string of the molecule is CCCCCC1CCC(c2ccc(-c3ccc(C(=O)Nc4ccc(-c5cc6c7c(c(/C=C\C(c8ccc(F)cc8)c8ccc(F)cc8)c(O)c6cc5OC)C(C)(C)c5c-7cc(C(F)(F)F)cc5C(F)(F)F)cc4)cc3)cc2)CC1. The Bertz CT molecular complexity index is 3510. The second-order valence-electron chi connectivity index (χ2n) is 21.6. The molecule has 12 heteroatoms. The standard InChI is InChI=1S/C67H59F8NO3/c1-5-6-7-8-39-9-11-40(12-10-39)41-13-15-42(16-14-41)43-17-19-47(20-18-43)64(78)76-51-31-25-46(26-32-51)54-37-55-56(38-59(54)79-4)63(77)53(34-33-52(44-21-27-49(68)28-22-44)45-23-29-50(69)30-24-45)62-60(55)57-35-48(66(70,71)72)36-58(67(73,74)75)61(57)65(62,2)3/h13-40,52,77H,5-12H2,1-4H3,(H,76,78)/b34-33-. The third kappa shape index (κ3) is 11.0. The quantitative estimate of drug-likeness (QED) is 0.0843. The fourth-order valence-electron chi connectivity index (χ4n) is 12.1. The number of aromatic hydroxyl groups is 1. The minimum absolute atomic E-state index is 0.0265. The lowest BCUT2D eigenvalue weighted by molar-refractivity contribution is -0.143. The topological polar surface area (TPSA) is 58.6 Å². The fraction of sp³-hybridized carbons (Fsp3) is 0.269. The summed E-state index contributed by atoms with van der Waals surface area (Å²) in [5.41, 5.74) is 1.20. The monoisotopic (exact) mass is 1080 g/mol. The van der Waals surface area contributed by atoms with Crippen molar-refractivity contribution >= 4 is 28.4 Å². The molecule has 10 rings (SSSR count). The van der Waals surface area contributed by atoms with Crippen LogP contribution in [0.1, 0.15) is 139 Å². The van der Waals surface area contributed by atoms with Crippen LogP contribution in [0.15, 0.2) is 152 Å². The highest BCUT2D eigenvalue weighted by Crippen LogP contribution is 2.60. The zero-order valence-electron chi connectivity index (χ0n) is 44.2. The normalized spacial score (nSPS) is 16.1. The number of unbranched alkanes of at least 4 members (excludes halogenated alkanes) is 2. The summed E-state index contributed by atoms with van der Waals surface area (Å²) in [6, 6.07) is 37.9. The predicted molar refractivity (Wildman–Crippen MR) is 298 cm³/mol. The van der Waals surface area contributed by atoms with Gasteiger partial charge in [0.1, 0.15) is 23.1 Å². The summed E-state index contributed by atoms with van der Waals surface area (Å²) in [6.07, 6.45) is 3.02. The molecule has 0 aromatic heterocycles. The molecular weight excluding hydrogens is 1020 g/mol. The molecule has 0 spiro atoms. The molecule has 0 heterocycles. The Morgan fingerprint density at radius 3 is 1.82 bits per heavy atom. The molecule has 0 saturated heterocycles. The number of phenolic OH excluding ortho intramolecular Hbond substituents is 1. The maximum atomic E-state index is 15.2. The van der Waals surface area contributed by atoms with Crippen LogP contribution in [0, 0.1) is 17.6 Å². The summed E-state index contributed by atoms with van der Waals surface area (Å²) in [5, 5.41) is 15.6. The molecule has 0 bridgehead atoms. The second-order valence-corrected chi connectivity index (χ2v) is 21.6. The van der Waals surface area contributed by atoms with Crippen molar-refractivity contribution in [1.29, 1.82) is 0 Å². The van der Waals surface area contributed by atoms with Crippen molar-refractivity contribution in [2.45, 2.75) is 102 Å². The van der Waals surface area contributed by atoms with Crippen LogP contribution in [0.4, 0.5) is 40.8 Å². The zero-order valence-corrected chi connectivity index (χ0v) is 44.2. The van der Waals surface area contributed by atoms with Gasteiger partial charge in [0, 0.05) is 39.1 Å². The molecule has 8 aromatic rings. The molecule has 0 unspecified atom stereocenters. The number of nitrogens with one attached hydrogen (secondary N) is 1. The minimum Gasteiger partial charge on any atom is -0.507 e. The van der Waals surface area contributed by atoms with Gasteiger partial charge in [-0.1, -0.05) is 131 Å². The van der Waals surface area contributed by atoms with Crippen molar-refractivity contribution in [3.63, 3.8) is 0 Å². The van der Waals surface area contributed by atoms with Gasteiger partial charge in [0.05, 0.1) is 18.2 Å². The summed E-state index contributed by atoms with van der Waals surface area (Å²) in [5.74, 6) is -0.825. The molecular formula is C67H59F8NO3. The fourth-order valence-corrected chi connectivity index (χ4v) is 12.1. The Hall–Kier alpha value is -7.73. The van der Waals surface area contributed by atoms with E-state index >= 15 is 13.2 Å². The molecule has 2 aliphatic carbocycles. The van der Waals surface area contributed by atoms with Crippen LogP contribution in [0.25, 0.3) is 50.2 Å². The van der Waals surface area contributed by atoms with Crippen molar-refractivity contribution in [1.82, 2.24) is 0 Å². The Labute approximate surface area is 454 Å². The minimum atomic E-state index is -5.22. The third-order valence-electron chi connectivity index (χ3n) is 16.2. The number of alkyl halides is 6. The van der Waals surface area contributed by atoms with Crippen LogP contribution in [0.2, 0.25) is 0 Å². The molecule has 1 saturated carbocycles. The van der Waals surface area contributed by atoms with E-state index in [0.717, 1.165) is 23.1 Å². The van der Waals surface area contributed by atoms with Gasteiger partial charge >= 0.3 is 12.4 Å². The van der Waals surface area contributed by atoms with E-state index in [1.165, 1.54) is 139 Å². The van der Waals surface area contributed by atoms with E-state index in [0.29, 0.717) is 39.4 Å². The van der Waals surface area contributed by atoms with Crippen molar-refractivity contribution in [3.8, 4) is 44.9 Å². The molecule has 1 amide bonds. The molecule has 0 atom stereocenters. The van der Waals surface area contributed by atoms with E-state index in [9.17, 15) is 31.9 Å². The molecule has 0 radical (unpaired) electrons. The summed E-state index contributed by atoms with van der Waals surface area (Å²) in [7, 11) is 1.39. The second kappa shape index (κ2) is 21.8. The number of carbonyl (C=O) groups is 1. The van der Waals surface area contributed by atoms with Gasteiger partial charge in [-0.15, -0.1) is 0 Å². The lowest BCUT2D eigenvalue weighted by atomic mass is 9.76. The number of fused-ring (bicyclic) bond motifs is 5. The molecule has 0 aliphatic heterocycles. The van der Waals surface area contributed by atoms with Gasteiger partial charge in [-0.2, -0.15) is 26.3 Å². The number of amides is 1. The first-order chi connectivity index (χ1) is 37.7. The molecule has 8 aromatic carbocycles. The first-order valence-corrected chi connectivity index (χ1v) is 26.8. The number of carbonyl (C=O) groups excluding carboxylic acids is 1. The van der Waals surface area contributed by atoms with Crippen LogP contribution in [0.5, 0.6) is 11.5 Å². The highest BCUT2D eigenvalue weighted by Gasteiger charge is 2.49. The smallest absolute Gasteiger partial charge is 0.416 e. The zero-order chi connectivity index (χ0) is 56.0. The Kier molecular flexibility index (Phi) is 15.1. The average molecular weight is 1080 g/mol. The average Bonchev–Trinajstić information content (AvgIpc) is 3.70. The molecule has 79 heavy (non-hydrogen) atoms. The Morgan fingerprint density at radius 2 is 1.27 bits per heavy atom. The number of benzene rings is 8. The van der Waals surface area contributed by atoms with Crippen LogP contribution in [-0.2, 0) is 17.8 Å². The Balaban J connectivity index is 0.984. The maximum absolute atomic E-state index is 15.2. The van der Waals surface area contributed by atoms with Gasteiger partial charge in [-0.25, -0.2) is 8.78 Å². The number of anilines is 1. The van der Waals surface area contributed by atoms with E-state index < -0.39 is 52.0 Å². The van der Waals surface area contributed by atoms with Gasteiger partial charge in [0.2, 0.25) is 0 Å².